The van der Waals surface area contributed by atoms with Gasteiger partial charge in [-0.2, -0.15) is 0 Å². The second kappa shape index (κ2) is 9.04. The Kier molecular flexibility index (Phi) is 5.19. The molecule has 0 radical (unpaired) electrons. The van der Waals surface area contributed by atoms with Gasteiger partial charge in [0.25, 0.3) is 0 Å². The van der Waals surface area contributed by atoms with E-state index in [1.54, 1.807) is 0 Å². The first-order valence-electron chi connectivity index (χ1n) is 13.3. The first-order chi connectivity index (χ1) is 19.7. The molecule has 8 aromatic rings. The summed E-state index contributed by atoms with van der Waals surface area (Å²) >= 11 is 6.56. The van der Waals surface area contributed by atoms with Crippen molar-refractivity contribution in [2.45, 2.75) is 0 Å². The largest absolute Gasteiger partial charge is 0.298 e. The minimum atomic E-state index is 0.676. The van der Waals surface area contributed by atoms with Crippen LogP contribution < -0.4 is 0 Å². The molecule has 3 heterocycles. The topological polar surface area (TPSA) is 30.2 Å². The minimum Gasteiger partial charge on any atom is -0.298 e. The molecule has 0 spiro atoms. The van der Waals surface area contributed by atoms with Gasteiger partial charge in [0, 0.05) is 44.1 Å². The fraction of sp³-hybridized carbons (Fsp3) is 0. The van der Waals surface area contributed by atoms with E-state index >= 15 is 0 Å². The van der Waals surface area contributed by atoms with Gasteiger partial charge in [-0.3, -0.25) is 4.40 Å². The highest BCUT2D eigenvalue weighted by Gasteiger charge is 2.21. The Balaban J connectivity index is 1.54. The number of fused-ring (bicyclic) bond motifs is 6. The summed E-state index contributed by atoms with van der Waals surface area (Å²) in [5.41, 5.74) is 7.96. The third kappa shape index (κ3) is 3.59. The number of benzene rings is 5. The SMILES string of the molecule is Clc1ccc2nc(-c3ccccc3)c3ccn4c(-c5ccc6ccccc6c5)c(-c5ccccc5)nc4c3c2c1. The standard InChI is InChI=1S/C36H22ClN3/c37-28-17-18-31-30(22-28)32-29(33(38-31)24-10-3-1-4-11-24)19-20-40-35(27-16-15-23-9-7-8-14-26(23)21-27)34(39-36(32)40)25-12-5-2-6-13-25/h1-22H. The van der Waals surface area contributed by atoms with Crippen molar-refractivity contribution < 1.29 is 0 Å². The molecule has 5 aromatic carbocycles. The Morgan fingerprint density at radius 2 is 1.23 bits per heavy atom. The van der Waals surface area contributed by atoms with Crippen molar-refractivity contribution in [1.82, 2.24) is 14.4 Å². The molecule has 40 heavy (non-hydrogen) atoms. The molecule has 0 aliphatic carbocycles. The molecule has 0 fully saturated rings. The van der Waals surface area contributed by atoms with Gasteiger partial charge < -0.3 is 0 Å². The van der Waals surface area contributed by atoms with Crippen LogP contribution in [0.25, 0.3) is 71.9 Å². The molecule has 0 amide bonds. The zero-order valence-corrected chi connectivity index (χ0v) is 22.2. The number of imidazole rings is 1. The van der Waals surface area contributed by atoms with Crippen LogP contribution in [0.2, 0.25) is 5.02 Å². The third-order valence-corrected chi connectivity index (χ3v) is 7.86. The van der Waals surface area contributed by atoms with Gasteiger partial charge in [-0.25, -0.2) is 9.97 Å². The third-order valence-electron chi connectivity index (χ3n) is 7.63. The Morgan fingerprint density at radius 1 is 0.525 bits per heavy atom. The summed E-state index contributed by atoms with van der Waals surface area (Å²) in [7, 11) is 0. The molecule has 0 atom stereocenters. The number of pyridine rings is 2. The second-order valence-electron chi connectivity index (χ2n) is 10.0. The number of halogens is 1. The fourth-order valence-corrected chi connectivity index (χ4v) is 5.95. The lowest BCUT2D eigenvalue weighted by molar-refractivity contribution is 1.21. The van der Waals surface area contributed by atoms with Gasteiger partial charge in [0.05, 0.1) is 22.6 Å². The van der Waals surface area contributed by atoms with E-state index in [2.05, 4.69) is 95.5 Å². The van der Waals surface area contributed by atoms with E-state index in [1.165, 1.54) is 10.8 Å². The quantitative estimate of drug-likeness (QED) is 0.212. The van der Waals surface area contributed by atoms with Crippen LogP contribution in [0.4, 0.5) is 0 Å². The van der Waals surface area contributed by atoms with Gasteiger partial charge >= 0.3 is 0 Å². The molecule has 0 aliphatic rings. The Hall–Kier alpha value is -4.99. The molecule has 3 aromatic heterocycles. The van der Waals surface area contributed by atoms with E-state index in [0.29, 0.717) is 5.02 Å². The number of hydrogen-bond acceptors (Lipinski definition) is 2. The van der Waals surface area contributed by atoms with Gasteiger partial charge in [0.15, 0.2) is 0 Å². The Morgan fingerprint density at radius 3 is 2.00 bits per heavy atom. The molecule has 3 nitrogen and oxygen atoms in total. The van der Waals surface area contributed by atoms with Crippen LogP contribution in [0.15, 0.2) is 134 Å². The Labute approximate surface area is 236 Å². The number of nitrogens with zero attached hydrogens (tertiary/aromatic N) is 3. The van der Waals surface area contributed by atoms with Crippen LogP contribution >= 0.6 is 11.6 Å². The molecule has 0 bridgehead atoms. The van der Waals surface area contributed by atoms with Crippen molar-refractivity contribution in [3.05, 3.63) is 139 Å². The van der Waals surface area contributed by atoms with Crippen LogP contribution in [-0.2, 0) is 0 Å². The van der Waals surface area contributed by atoms with Gasteiger partial charge in [0.1, 0.15) is 5.65 Å². The van der Waals surface area contributed by atoms with Crippen LogP contribution in [0.3, 0.4) is 0 Å². The normalized spacial score (nSPS) is 11.6. The molecule has 0 unspecified atom stereocenters. The van der Waals surface area contributed by atoms with Crippen LogP contribution in [0.1, 0.15) is 0 Å². The maximum atomic E-state index is 6.56. The molecule has 8 rings (SSSR count). The van der Waals surface area contributed by atoms with Gasteiger partial charge in [-0.05, 0) is 41.1 Å². The van der Waals surface area contributed by atoms with Gasteiger partial charge in [0.2, 0.25) is 0 Å². The van der Waals surface area contributed by atoms with Crippen molar-refractivity contribution in [3.63, 3.8) is 0 Å². The maximum absolute atomic E-state index is 6.56. The number of aromatic nitrogens is 3. The second-order valence-corrected chi connectivity index (χ2v) is 10.5. The van der Waals surface area contributed by atoms with Crippen molar-refractivity contribution in [3.8, 4) is 33.8 Å². The molecule has 0 saturated carbocycles. The zero-order chi connectivity index (χ0) is 26.6. The summed E-state index contributed by atoms with van der Waals surface area (Å²) in [6.07, 6.45) is 2.13. The van der Waals surface area contributed by atoms with Crippen LogP contribution in [-0.4, -0.2) is 14.4 Å². The van der Waals surface area contributed by atoms with Crippen molar-refractivity contribution in [2.75, 3.05) is 0 Å². The molecular weight excluding hydrogens is 510 g/mol. The lowest BCUT2D eigenvalue weighted by Gasteiger charge is -2.12. The lowest BCUT2D eigenvalue weighted by Crippen LogP contribution is -1.95. The summed E-state index contributed by atoms with van der Waals surface area (Å²) in [5.74, 6) is 0. The summed E-state index contributed by atoms with van der Waals surface area (Å²) < 4.78 is 2.23. The predicted octanol–water partition coefficient (Wildman–Crippen LogP) is 9.84. The van der Waals surface area contributed by atoms with Crippen molar-refractivity contribution in [1.29, 1.82) is 0 Å². The minimum absolute atomic E-state index is 0.676. The number of rotatable bonds is 3. The zero-order valence-electron chi connectivity index (χ0n) is 21.4. The first-order valence-corrected chi connectivity index (χ1v) is 13.7. The molecule has 0 N–H and O–H groups in total. The molecule has 0 saturated heterocycles. The van der Waals surface area contributed by atoms with Crippen molar-refractivity contribution in [2.24, 2.45) is 0 Å². The fourth-order valence-electron chi connectivity index (χ4n) is 5.78. The van der Waals surface area contributed by atoms with Crippen LogP contribution in [0, 0.1) is 0 Å². The molecular formula is C36H22ClN3. The van der Waals surface area contributed by atoms with E-state index in [0.717, 1.165) is 61.1 Å². The first kappa shape index (κ1) is 22.9. The average molecular weight is 532 g/mol. The Bertz CT molecular complexity index is 2220. The maximum Gasteiger partial charge on any atom is 0.146 e. The highest BCUT2D eigenvalue weighted by molar-refractivity contribution is 6.32. The highest BCUT2D eigenvalue weighted by Crippen LogP contribution is 2.40. The molecule has 188 valence electrons. The van der Waals surface area contributed by atoms with Gasteiger partial charge in [-0.15, -0.1) is 0 Å². The summed E-state index contributed by atoms with van der Waals surface area (Å²) in [4.78, 5) is 10.5. The van der Waals surface area contributed by atoms with E-state index < -0.39 is 0 Å². The average Bonchev–Trinajstić information content (AvgIpc) is 3.41. The molecule has 4 heteroatoms. The predicted molar refractivity (Wildman–Crippen MR) is 167 cm³/mol. The lowest BCUT2D eigenvalue weighted by atomic mass is 10.0. The smallest absolute Gasteiger partial charge is 0.146 e. The highest BCUT2D eigenvalue weighted by atomic mass is 35.5. The van der Waals surface area contributed by atoms with E-state index in [9.17, 15) is 0 Å². The van der Waals surface area contributed by atoms with E-state index in [1.807, 2.05) is 42.5 Å². The monoisotopic (exact) mass is 531 g/mol. The van der Waals surface area contributed by atoms with E-state index in [4.69, 9.17) is 21.6 Å². The number of hydrogen-bond donors (Lipinski definition) is 0. The summed E-state index contributed by atoms with van der Waals surface area (Å²) in [6, 6.07) is 43.9. The molecule has 0 aliphatic heterocycles. The summed E-state index contributed by atoms with van der Waals surface area (Å²) in [5, 5.41) is 6.16. The van der Waals surface area contributed by atoms with Gasteiger partial charge in [-0.1, -0.05) is 109 Å². The summed E-state index contributed by atoms with van der Waals surface area (Å²) in [6.45, 7) is 0. The van der Waals surface area contributed by atoms with E-state index in [-0.39, 0.29) is 0 Å². The van der Waals surface area contributed by atoms with Crippen LogP contribution in [0.5, 0.6) is 0 Å². The van der Waals surface area contributed by atoms with Crippen molar-refractivity contribution >= 4 is 49.7 Å².